The van der Waals surface area contributed by atoms with Gasteiger partial charge in [0.1, 0.15) is 0 Å². The minimum Gasteiger partial charge on any atom is -0.481 e. The fourth-order valence-corrected chi connectivity index (χ4v) is 2.52. The Morgan fingerprint density at radius 3 is 2.45 bits per heavy atom. The average molecular weight is 278 g/mol. The molecule has 0 aliphatic rings. The molecule has 0 aromatic heterocycles. The van der Waals surface area contributed by atoms with Gasteiger partial charge < -0.3 is 10.2 Å². The highest BCUT2D eigenvalue weighted by Crippen LogP contribution is 2.28. The third-order valence-corrected chi connectivity index (χ3v) is 3.39. The molecule has 4 heteroatoms. The van der Waals surface area contributed by atoms with E-state index in [0.717, 1.165) is 24.0 Å². The molecule has 0 spiro atoms. The van der Waals surface area contributed by atoms with Crippen molar-refractivity contribution in [1.29, 1.82) is 0 Å². The fourth-order valence-electron chi connectivity index (χ4n) is 2.52. The molecule has 0 saturated heterocycles. The maximum atomic E-state index is 11.0. The molecule has 1 aromatic rings. The van der Waals surface area contributed by atoms with Crippen molar-refractivity contribution in [2.75, 3.05) is 0 Å². The summed E-state index contributed by atoms with van der Waals surface area (Å²) in [4.78, 5) is 21.6. The standard InChI is InChI=1S/C16H22O4/c1-2-6-13(11-16(19)20)14-9-4-3-7-12(14)8-5-10-15(17)18/h3-4,7,9,13H,2,5-6,8,10-11H2,1H3,(H,17,18)(H,19,20). The zero-order valence-corrected chi connectivity index (χ0v) is 11.8. The summed E-state index contributed by atoms with van der Waals surface area (Å²) in [6, 6.07) is 7.78. The van der Waals surface area contributed by atoms with E-state index in [2.05, 4.69) is 0 Å². The van der Waals surface area contributed by atoms with Crippen molar-refractivity contribution in [1.82, 2.24) is 0 Å². The Balaban J connectivity index is 2.84. The molecule has 1 unspecified atom stereocenters. The smallest absolute Gasteiger partial charge is 0.303 e. The van der Waals surface area contributed by atoms with Crippen LogP contribution in [0.2, 0.25) is 0 Å². The molecule has 0 fully saturated rings. The van der Waals surface area contributed by atoms with Crippen LogP contribution in [0.25, 0.3) is 0 Å². The van der Waals surface area contributed by atoms with Crippen molar-refractivity contribution in [2.24, 2.45) is 0 Å². The molecule has 0 radical (unpaired) electrons. The van der Waals surface area contributed by atoms with E-state index in [1.807, 2.05) is 31.2 Å². The summed E-state index contributed by atoms with van der Waals surface area (Å²) in [6.45, 7) is 2.04. The second-order valence-corrected chi connectivity index (χ2v) is 5.03. The summed E-state index contributed by atoms with van der Waals surface area (Å²) >= 11 is 0. The molecule has 20 heavy (non-hydrogen) atoms. The molecule has 1 rings (SSSR count). The summed E-state index contributed by atoms with van der Waals surface area (Å²) in [5, 5.41) is 17.7. The normalized spacial score (nSPS) is 12.1. The quantitative estimate of drug-likeness (QED) is 0.725. The predicted octanol–water partition coefficient (Wildman–Crippen LogP) is 3.45. The summed E-state index contributed by atoms with van der Waals surface area (Å²) in [5.74, 6) is -1.57. The van der Waals surface area contributed by atoms with Gasteiger partial charge in [-0.25, -0.2) is 0 Å². The Morgan fingerprint density at radius 1 is 1.15 bits per heavy atom. The lowest BCUT2D eigenvalue weighted by molar-refractivity contribution is -0.138. The first-order valence-corrected chi connectivity index (χ1v) is 7.06. The number of benzene rings is 1. The van der Waals surface area contributed by atoms with E-state index in [-0.39, 0.29) is 18.8 Å². The summed E-state index contributed by atoms with van der Waals surface area (Å²) in [6.07, 6.45) is 3.31. The molecular weight excluding hydrogens is 256 g/mol. The second-order valence-electron chi connectivity index (χ2n) is 5.03. The zero-order valence-electron chi connectivity index (χ0n) is 11.8. The van der Waals surface area contributed by atoms with Gasteiger partial charge in [-0.1, -0.05) is 37.6 Å². The maximum Gasteiger partial charge on any atom is 0.303 e. The van der Waals surface area contributed by atoms with Crippen molar-refractivity contribution < 1.29 is 19.8 Å². The second kappa shape index (κ2) is 8.35. The largest absolute Gasteiger partial charge is 0.481 e. The lowest BCUT2D eigenvalue weighted by Gasteiger charge is -2.18. The maximum absolute atomic E-state index is 11.0. The van der Waals surface area contributed by atoms with Gasteiger partial charge in [-0.2, -0.15) is 0 Å². The molecular formula is C16H22O4. The van der Waals surface area contributed by atoms with E-state index in [4.69, 9.17) is 10.2 Å². The van der Waals surface area contributed by atoms with Crippen LogP contribution < -0.4 is 0 Å². The number of carbonyl (C=O) groups is 2. The highest BCUT2D eigenvalue weighted by Gasteiger charge is 2.17. The molecule has 0 bridgehead atoms. The average Bonchev–Trinajstić information content (AvgIpc) is 2.38. The zero-order chi connectivity index (χ0) is 15.0. The lowest BCUT2D eigenvalue weighted by Crippen LogP contribution is -2.09. The topological polar surface area (TPSA) is 74.6 Å². The van der Waals surface area contributed by atoms with Gasteiger partial charge in [0, 0.05) is 6.42 Å². The van der Waals surface area contributed by atoms with Gasteiger partial charge in [-0.3, -0.25) is 9.59 Å². The molecule has 0 saturated carbocycles. The Morgan fingerprint density at radius 2 is 1.85 bits per heavy atom. The molecule has 110 valence electrons. The van der Waals surface area contributed by atoms with E-state index in [0.29, 0.717) is 12.8 Å². The SMILES string of the molecule is CCCC(CC(=O)O)c1ccccc1CCCC(=O)O. The Bertz CT molecular complexity index is 454. The minimum absolute atomic E-state index is 0.0125. The van der Waals surface area contributed by atoms with Gasteiger partial charge in [0.25, 0.3) is 0 Å². The first kappa shape index (κ1) is 16.2. The van der Waals surface area contributed by atoms with E-state index in [1.54, 1.807) is 0 Å². The third-order valence-electron chi connectivity index (χ3n) is 3.39. The van der Waals surface area contributed by atoms with Gasteiger partial charge in [-0.15, -0.1) is 0 Å². The molecule has 0 heterocycles. The van der Waals surface area contributed by atoms with E-state index in [1.165, 1.54) is 0 Å². The molecule has 4 nitrogen and oxygen atoms in total. The van der Waals surface area contributed by atoms with Crippen LogP contribution in [0.3, 0.4) is 0 Å². The fraction of sp³-hybridized carbons (Fsp3) is 0.500. The van der Waals surface area contributed by atoms with Crippen LogP contribution in [0.1, 0.15) is 56.1 Å². The highest BCUT2D eigenvalue weighted by atomic mass is 16.4. The summed E-state index contributed by atoms with van der Waals surface area (Å²) in [7, 11) is 0. The van der Waals surface area contributed by atoms with Crippen molar-refractivity contribution in [3.05, 3.63) is 35.4 Å². The van der Waals surface area contributed by atoms with Crippen LogP contribution in [0, 0.1) is 0 Å². The van der Waals surface area contributed by atoms with Gasteiger partial charge in [0.15, 0.2) is 0 Å². The lowest BCUT2D eigenvalue weighted by atomic mass is 9.86. The Kier molecular flexibility index (Phi) is 6.77. The van der Waals surface area contributed by atoms with Crippen LogP contribution in [0.5, 0.6) is 0 Å². The number of rotatable bonds is 9. The van der Waals surface area contributed by atoms with Crippen molar-refractivity contribution in [3.8, 4) is 0 Å². The van der Waals surface area contributed by atoms with E-state index >= 15 is 0 Å². The van der Waals surface area contributed by atoms with Gasteiger partial charge in [0.2, 0.25) is 0 Å². The van der Waals surface area contributed by atoms with E-state index < -0.39 is 11.9 Å². The van der Waals surface area contributed by atoms with Gasteiger partial charge in [-0.05, 0) is 36.3 Å². The third kappa shape index (κ3) is 5.43. The number of aliphatic carboxylic acids is 2. The van der Waals surface area contributed by atoms with Crippen molar-refractivity contribution >= 4 is 11.9 Å². The molecule has 2 N–H and O–H groups in total. The molecule has 0 aliphatic heterocycles. The van der Waals surface area contributed by atoms with Crippen LogP contribution in [-0.4, -0.2) is 22.2 Å². The predicted molar refractivity (Wildman–Crippen MR) is 76.9 cm³/mol. The molecule has 0 aliphatic carbocycles. The first-order valence-electron chi connectivity index (χ1n) is 7.06. The number of carboxylic acids is 2. The van der Waals surface area contributed by atoms with Crippen LogP contribution >= 0.6 is 0 Å². The number of aryl methyl sites for hydroxylation is 1. The Labute approximate surface area is 119 Å². The molecule has 1 aromatic carbocycles. The van der Waals surface area contributed by atoms with Crippen LogP contribution in [-0.2, 0) is 16.0 Å². The molecule has 0 amide bonds. The summed E-state index contributed by atoms with van der Waals surface area (Å²) < 4.78 is 0. The van der Waals surface area contributed by atoms with Crippen LogP contribution in [0.15, 0.2) is 24.3 Å². The number of hydrogen-bond acceptors (Lipinski definition) is 2. The van der Waals surface area contributed by atoms with Crippen molar-refractivity contribution in [3.63, 3.8) is 0 Å². The number of carboxylic acid groups (broad SMARTS) is 2. The minimum atomic E-state index is -0.793. The van der Waals surface area contributed by atoms with Gasteiger partial charge >= 0.3 is 11.9 Å². The first-order chi connectivity index (χ1) is 9.54. The number of hydrogen-bond donors (Lipinski definition) is 2. The van der Waals surface area contributed by atoms with Gasteiger partial charge in [0.05, 0.1) is 6.42 Å². The molecule has 1 atom stereocenters. The van der Waals surface area contributed by atoms with E-state index in [9.17, 15) is 9.59 Å². The monoisotopic (exact) mass is 278 g/mol. The Hall–Kier alpha value is -1.84. The highest BCUT2D eigenvalue weighted by molar-refractivity contribution is 5.68. The summed E-state index contributed by atoms with van der Waals surface area (Å²) in [5.41, 5.74) is 2.13. The van der Waals surface area contributed by atoms with Crippen molar-refractivity contribution in [2.45, 2.75) is 51.4 Å². The van der Waals surface area contributed by atoms with Crippen LogP contribution in [0.4, 0.5) is 0 Å².